The van der Waals surface area contributed by atoms with Gasteiger partial charge in [-0.05, 0) is 13.3 Å². The zero-order valence-electron chi connectivity index (χ0n) is 8.05. The predicted octanol–water partition coefficient (Wildman–Crippen LogP) is 1.05. The van der Waals surface area contributed by atoms with E-state index in [9.17, 15) is 13.2 Å². The first-order valence-electron chi connectivity index (χ1n) is 4.41. The number of alkyl halides is 3. The molecular weight excluding hydrogens is 199 g/mol. The molecule has 0 aliphatic heterocycles. The van der Waals surface area contributed by atoms with E-state index >= 15 is 0 Å². The molecule has 3 nitrogen and oxygen atoms in total. The van der Waals surface area contributed by atoms with Crippen molar-refractivity contribution in [3.8, 4) is 0 Å². The third-order valence-electron chi connectivity index (χ3n) is 1.70. The number of hydrogen-bond acceptors (Lipinski definition) is 3. The smallest absolute Gasteiger partial charge is 0.389 e. The standard InChI is InChI=1S/C8H16F3NO2/c1-6(12)7(5-13)14-4-2-3-8(9,10)11/h6-7,13H,2-5,12H2,1H3. The van der Waals surface area contributed by atoms with E-state index in [0.717, 1.165) is 0 Å². The molecule has 2 atom stereocenters. The van der Waals surface area contributed by atoms with Crippen LogP contribution >= 0.6 is 0 Å². The van der Waals surface area contributed by atoms with Gasteiger partial charge in [0.15, 0.2) is 0 Å². The van der Waals surface area contributed by atoms with E-state index < -0.39 is 18.7 Å². The zero-order chi connectivity index (χ0) is 11.2. The third-order valence-corrected chi connectivity index (χ3v) is 1.70. The first kappa shape index (κ1) is 13.7. The van der Waals surface area contributed by atoms with Gasteiger partial charge in [0.25, 0.3) is 0 Å². The Kier molecular flexibility index (Phi) is 6.06. The first-order chi connectivity index (χ1) is 6.37. The van der Waals surface area contributed by atoms with Crippen molar-refractivity contribution in [2.75, 3.05) is 13.2 Å². The van der Waals surface area contributed by atoms with Gasteiger partial charge in [-0.15, -0.1) is 0 Å². The lowest BCUT2D eigenvalue weighted by Crippen LogP contribution is -2.37. The van der Waals surface area contributed by atoms with Crippen LogP contribution in [0.5, 0.6) is 0 Å². The van der Waals surface area contributed by atoms with Gasteiger partial charge in [-0.1, -0.05) is 0 Å². The van der Waals surface area contributed by atoms with E-state index in [2.05, 4.69) is 0 Å². The molecule has 3 N–H and O–H groups in total. The van der Waals surface area contributed by atoms with E-state index in [1.807, 2.05) is 0 Å². The maximum atomic E-state index is 11.7. The summed E-state index contributed by atoms with van der Waals surface area (Å²) in [6, 6.07) is -0.383. The largest absolute Gasteiger partial charge is 0.394 e. The number of hydrogen-bond donors (Lipinski definition) is 2. The number of nitrogens with two attached hydrogens (primary N) is 1. The van der Waals surface area contributed by atoms with Crippen molar-refractivity contribution in [3.05, 3.63) is 0 Å². The minimum Gasteiger partial charge on any atom is -0.394 e. The highest BCUT2D eigenvalue weighted by Crippen LogP contribution is 2.21. The molecular formula is C8H16F3NO2. The SMILES string of the molecule is CC(N)C(CO)OCCCC(F)(F)F. The van der Waals surface area contributed by atoms with Gasteiger partial charge in [0.1, 0.15) is 0 Å². The number of aliphatic hydroxyl groups is 1. The highest BCUT2D eigenvalue weighted by Gasteiger charge is 2.26. The number of ether oxygens (including phenoxy) is 1. The molecule has 2 unspecified atom stereocenters. The Morgan fingerprint density at radius 3 is 2.36 bits per heavy atom. The summed E-state index contributed by atoms with van der Waals surface area (Å²) < 4.78 is 40.0. The predicted molar refractivity (Wildman–Crippen MR) is 45.8 cm³/mol. The average molecular weight is 215 g/mol. The molecule has 86 valence electrons. The van der Waals surface area contributed by atoms with Crippen molar-refractivity contribution in [1.29, 1.82) is 0 Å². The minimum absolute atomic E-state index is 0.0354. The van der Waals surface area contributed by atoms with Crippen LogP contribution < -0.4 is 5.73 Å². The Labute approximate surface area is 81.0 Å². The molecule has 0 amide bonds. The zero-order valence-corrected chi connectivity index (χ0v) is 8.05. The fraction of sp³-hybridized carbons (Fsp3) is 1.00. The van der Waals surface area contributed by atoms with Crippen LogP contribution in [0.25, 0.3) is 0 Å². The van der Waals surface area contributed by atoms with Crippen LogP contribution in [0.1, 0.15) is 19.8 Å². The first-order valence-corrected chi connectivity index (χ1v) is 4.41. The molecule has 0 heterocycles. The highest BCUT2D eigenvalue weighted by molar-refractivity contribution is 4.67. The molecule has 0 spiro atoms. The summed E-state index contributed by atoms with van der Waals surface area (Å²) in [5, 5.41) is 8.73. The molecule has 0 fully saturated rings. The molecule has 0 bridgehead atoms. The monoisotopic (exact) mass is 215 g/mol. The fourth-order valence-electron chi connectivity index (χ4n) is 0.878. The van der Waals surface area contributed by atoms with Crippen molar-refractivity contribution in [3.63, 3.8) is 0 Å². The topological polar surface area (TPSA) is 55.5 Å². The molecule has 0 aliphatic rings. The van der Waals surface area contributed by atoms with E-state index in [0.29, 0.717) is 0 Å². The average Bonchev–Trinajstić information content (AvgIpc) is 2.01. The second kappa shape index (κ2) is 6.21. The Hall–Kier alpha value is -0.330. The van der Waals surface area contributed by atoms with Crippen molar-refractivity contribution >= 4 is 0 Å². The maximum absolute atomic E-state index is 11.7. The van der Waals surface area contributed by atoms with Gasteiger partial charge in [-0.2, -0.15) is 13.2 Å². The van der Waals surface area contributed by atoms with Crippen molar-refractivity contribution < 1.29 is 23.0 Å². The van der Waals surface area contributed by atoms with Gasteiger partial charge in [-0.25, -0.2) is 0 Å². The summed E-state index contributed by atoms with van der Waals surface area (Å²) in [6.45, 7) is 1.32. The van der Waals surface area contributed by atoms with E-state index in [1.54, 1.807) is 6.92 Å². The van der Waals surface area contributed by atoms with E-state index in [-0.39, 0.29) is 25.7 Å². The molecule has 0 aromatic heterocycles. The van der Waals surface area contributed by atoms with Crippen LogP contribution in [-0.4, -0.2) is 36.6 Å². The number of halogens is 3. The molecule has 0 aromatic carbocycles. The van der Waals surface area contributed by atoms with Crippen LogP contribution in [0.15, 0.2) is 0 Å². The lowest BCUT2D eigenvalue weighted by atomic mass is 10.2. The van der Waals surface area contributed by atoms with Gasteiger partial charge >= 0.3 is 6.18 Å². The fourth-order valence-corrected chi connectivity index (χ4v) is 0.878. The Balaban J connectivity index is 3.52. The molecule has 14 heavy (non-hydrogen) atoms. The van der Waals surface area contributed by atoms with Crippen LogP contribution in [0.3, 0.4) is 0 Å². The summed E-state index contributed by atoms with van der Waals surface area (Å²) in [4.78, 5) is 0. The molecule has 0 radical (unpaired) electrons. The molecule has 6 heteroatoms. The Morgan fingerprint density at radius 2 is 2.00 bits per heavy atom. The van der Waals surface area contributed by atoms with Gasteiger partial charge in [0.05, 0.1) is 12.7 Å². The molecule has 0 saturated carbocycles. The summed E-state index contributed by atoms with van der Waals surface area (Å²) in [7, 11) is 0. The quantitative estimate of drug-likeness (QED) is 0.651. The van der Waals surface area contributed by atoms with Crippen molar-refractivity contribution in [1.82, 2.24) is 0 Å². The van der Waals surface area contributed by atoms with Gasteiger partial charge < -0.3 is 15.6 Å². The van der Waals surface area contributed by atoms with E-state index in [4.69, 9.17) is 15.6 Å². The highest BCUT2D eigenvalue weighted by atomic mass is 19.4. The lowest BCUT2D eigenvalue weighted by Gasteiger charge is -2.18. The third kappa shape index (κ3) is 7.11. The maximum Gasteiger partial charge on any atom is 0.389 e. The van der Waals surface area contributed by atoms with Gasteiger partial charge in [0.2, 0.25) is 0 Å². The van der Waals surface area contributed by atoms with Crippen LogP contribution in [0.2, 0.25) is 0 Å². The van der Waals surface area contributed by atoms with Gasteiger partial charge in [0, 0.05) is 19.1 Å². The summed E-state index contributed by atoms with van der Waals surface area (Å²) in [5.74, 6) is 0. The van der Waals surface area contributed by atoms with Gasteiger partial charge in [-0.3, -0.25) is 0 Å². The summed E-state index contributed by atoms with van der Waals surface area (Å²) in [5.41, 5.74) is 5.41. The summed E-state index contributed by atoms with van der Waals surface area (Å²) in [6.07, 6.45) is -5.70. The van der Waals surface area contributed by atoms with Crippen LogP contribution in [0.4, 0.5) is 13.2 Å². The Morgan fingerprint density at radius 1 is 1.43 bits per heavy atom. The van der Waals surface area contributed by atoms with Crippen LogP contribution in [-0.2, 0) is 4.74 Å². The normalized spacial score (nSPS) is 16.7. The van der Waals surface area contributed by atoms with Crippen molar-refractivity contribution in [2.24, 2.45) is 5.73 Å². The second-order valence-corrected chi connectivity index (χ2v) is 3.17. The Bertz CT molecular complexity index is 150. The number of aliphatic hydroxyl groups excluding tert-OH is 1. The van der Waals surface area contributed by atoms with Crippen LogP contribution in [0, 0.1) is 0 Å². The minimum atomic E-state index is -4.15. The van der Waals surface area contributed by atoms with Crippen molar-refractivity contribution in [2.45, 2.75) is 38.1 Å². The molecule has 0 aromatic rings. The lowest BCUT2D eigenvalue weighted by molar-refractivity contribution is -0.139. The molecule has 0 aliphatic carbocycles. The summed E-state index contributed by atoms with van der Waals surface area (Å²) >= 11 is 0. The van der Waals surface area contributed by atoms with E-state index in [1.165, 1.54) is 0 Å². The second-order valence-electron chi connectivity index (χ2n) is 3.17. The molecule has 0 rings (SSSR count). The molecule has 0 saturated heterocycles. The number of rotatable bonds is 6.